The van der Waals surface area contributed by atoms with Crippen LogP contribution in [-0.2, 0) is 4.79 Å². The van der Waals surface area contributed by atoms with Crippen LogP contribution >= 0.6 is 35.6 Å². The predicted molar refractivity (Wildman–Crippen MR) is 131 cm³/mol. The van der Waals surface area contributed by atoms with Crippen molar-refractivity contribution in [3.05, 3.63) is 70.2 Å². The van der Waals surface area contributed by atoms with Crippen LogP contribution in [0.2, 0.25) is 5.02 Å². The average molecular weight is 470 g/mol. The number of rotatable bonds is 5. The largest absolute Gasteiger partial charge is 0.495 e. The smallest absolute Gasteiger partial charge is 0.266 e. The summed E-state index contributed by atoms with van der Waals surface area (Å²) in [5.41, 5.74) is 3.25. The minimum atomic E-state index is -0.0869. The topological polar surface area (TPSA) is 47.4 Å². The van der Waals surface area contributed by atoms with Crippen LogP contribution < -0.4 is 4.74 Å². The lowest BCUT2D eigenvalue weighted by molar-refractivity contribution is -0.123. The molecule has 31 heavy (non-hydrogen) atoms. The van der Waals surface area contributed by atoms with E-state index in [1.165, 1.54) is 11.8 Å². The number of thioether (sulfide) groups is 1. The lowest BCUT2D eigenvalue weighted by Gasteiger charge is -2.18. The van der Waals surface area contributed by atoms with Crippen molar-refractivity contribution in [1.29, 1.82) is 0 Å². The van der Waals surface area contributed by atoms with Crippen molar-refractivity contribution in [3.8, 4) is 22.7 Å². The van der Waals surface area contributed by atoms with Crippen molar-refractivity contribution >= 4 is 51.9 Å². The molecule has 2 heterocycles. The molecule has 1 fully saturated rings. The number of carbonyl (C=O) groups excluding carboxylic acids is 1. The first-order chi connectivity index (χ1) is 14.9. The van der Waals surface area contributed by atoms with E-state index in [0.29, 0.717) is 25.7 Å². The van der Waals surface area contributed by atoms with E-state index in [-0.39, 0.29) is 11.9 Å². The number of aromatic nitrogens is 2. The molecule has 0 aliphatic carbocycles. The number of hydrogen-bond acceptors (Lipinski definition) is 5. The summed E-state index contributed by atoms with van der Waals surface area (Å²) in [7, 11) is 1.58. The Kier molecular flexibility index (Phi) is 6.18. The average Bonchev–Trinajstić information content (AvgIpc) is 3.29. The summed E-state index contributed by atoms with van der Waals surface area (Å²) in [5, 5.41) is 5.29. The number of methoxy groups -OCH3 is 1. The number of thiocarbonyl (C=S) groups is 1. The van der Waals surface area contributed by atoms with Crippen LogP contribution in [0.5, 0.6) is 5.75 Å². The third-order valence-electron chi connectivity index (χ3n) is 4.82. The van der Waals surface area contributed by atoms with Crippen LogP contribution in [0.25, 0.3) is 23.0 Å². The summed E-state index contributed by atoms with van der Waals surface area (Å²) >= 11 is 13.1. The number of benzene rings is 2. The molecule has 0 spiro atoms. The maximum absolute atomic E-state index is 12.9. The highest BCUT2D eigenvalue weighted by molar-refractivity contribution is 8.26. The van der Waals surface area contributed by atoms with Gasteiger partial charge in [-0.25, -0.2) is 4.68 Å². The molecule has 5 nitrogen and oxygen atoms in total. The fraction of sp³-hybridized carbons (Fsp3) is 0.174. The van der Waals surface area contributed by atoms with Crippen molar-refractivity contribution < 1.29 is 9.53 Å². The Morgan fingerprint density at radius 3 is 2.55 bits per heavy atom. The molecule has 0 bridgehead atoms. The Labute approximate surface area is 195 Å². The maximum atomic E-state index is 12.9. The number of halogens is 1. The molecule has 158 valence electrons. The third kappa shape index (κ3) is 4.26. The molecule has 0 N–H and O–H groups in total. The zero-order valence-electron chi connectivity index (χ0n) is 17.2. The van der Waals surface area contributed by atoms with Gasteiger partial charge in [0.1, 0.15) is 15.8 Å². The molecular formula is C23H20ClN3O2S2. The summed E-state index contributed by atoms with van der Waals surface area (Å²) in [6.07, 6.45) is 3.76. The Morgan fingerprint density at radius 2 is 1.94 bits per heavy atom. The van der Waals surface area contributed by atoms with Gasteiger partial charge >= 0.3 is 0 Å². The van der Waals surface area contributed by atoms with Gasteiger partial charge in [-0.05, 0) is 50.3 Å². The highest BCUT2D eigenvalue weighted by Crippen LogP contribution is 2.37. The van der Waals surface area contributed by atoms with Crippen molar-refractivity contribution in [2.45, 2.75) is 19.9 Å². The SMILES string of the molecule is COc1ccc(-c2nn(-c3ccccc3)cc2C=C2SC(=S)N(C(C)C)C2=O)cc1Cl. The van der Waals surface area contributed by atoms with Gasteiger partial charge < -0.3 is 4.74 Å². The fourth-order valence-electron chi connectivity index (χ4n) is 3.31. The summed E-state index contributed by atoms with van der Waals surface area (Å²) in [4.78, 5) is 15.1. The van der Waals surface area contributed by atoms with Gasteiger partial charge in [0.15, 0.2) is 0 Å². The Bertz CT molecular complexity index is 1190. The molecule has 0 radical (unpaired) electrons. The first kappa shape index (κ1) is 21.6. The number of amides is 1. The van der Waals surface area contributed by atoms with E-state index in [1.807, 2.05) is 68.6 Å². The molecule has 1 aliphatic rings. The highest BCUT2D eigenvalue weighted by Gasteiger charge is 2.34. The first-order valence-corrected chi connectivity index (χ1v) is 11.3. The van der Waals surface area contributed by atoms with E-state index < -0.39 is 0 Å². The zero-order chi connectivity index (χ0) is 22.1. The Balaban J connectivity index is 1.83. The van der Waals surface area contributed by atoms with Crippen molar-refractivity contribution in [1.82, 2.24) is 14.7 Å². The summed E-state index contributed by atoms with van der Waals surface area (Å²) in [6, 6.07) is 15.3. The standard InChI is InChI=1S/C23H20ClN3O2S2/c1-14(2)27-22(28)20(31-23(27)30)12-16-13-26(17-7-5-4-6-8-17)25-21(16)15-9-10-19(29-3)18(24)11-15/h4-14H,1-3H3. The van der Waals surface area contributed by atoms with Gasteiger partial charge in [0, 0.05) is 23.4 Å². The van der Waals surface area contributed by atoms with Crippen molar-refractivity contribution in [2.75, 3.05) is 7.11 Å². The molecular weight excluding hydrogens is 450 g/mol. The number of ether oxygens (including phenoxy) is 1. The molecule has 1 aromatic heterocycles. The molecule has 1 amide bonds. The lowest BCUT2D eigenvalue weighted by atomic mass is 10.1. The van der Waals surface area contributed by atoms with Crippen molar-refractivity contribution in [3.63, 3.8) is 0 Å². The van der Waals surface area contributed by atoms with Gasteiger partial charge in [-0.3, -0.25) is 9.69 Å². The van der Waals surface area contributed by atoms with E-state index in [1.54, 1.807) is 22.8 Å². The molecule has 1 aliphatic heterocycles. The van der Waals surface area contributed by atoms with Gasteiger partial charge in [0.05, 0.1) is 22.7 Å². The number of hydrogen-bond donors (Lipinski definition) is 0. The second-order valence-electron chi connectivity index (χ2n) is 7.21. The fourth-order valence-corrected chi connectivity index (χ4v) is 5.08. The molecule has 0 atom stereocenters. The molecule has 8 heteroatoms. The van der Waals surface area contributed by atoms with E-state index in [9.17, 15) is 4.79 Å². The second kappa shape index (κ2) is 8.86. The normalized spacial score (nSPS) is 15.4. The molecule has 0 saturated carbocycles. The van der Waals surface area contributed by atoms with Crippen LogP contribution in [0.4, 0.5) is 0 Å². The van der Waals surface area contributed by atoms with Gasteiger partial charge in [0.25, 0.3) is 5.91 Å². The van der Waals surface area contributed by atoms with Gasteiger partial charge in [0.2, 0.25) is 0 Å². The summed E-state index contributed by atoms with van der Waals surface area (Å²) in [5.74, 6) is 0.503. The Hall–Kier alpha value is -2.61. The predicted octanol–water partition coefficient (Wildman–Crippen LogP) is 5.81. The van der Waals surface area contributed by atoms with E-state index >= 15 is 0 Å². The zero-order valence-corrected chi connectivity index (χ0v) is 19.6. The molecule has 4 rings (SSSR count). The molecule has 0 unspecified atom stereocenters. The first-order valence-electron chi connectivity index (χ1n) is 9.65. The molecule has 3 aromatic rings. The minimum absolute atomic E-state index is 0.00491. The summed E-state index contributed by atoms with van der Waals surface area (Å²) in [6.45, 7) is 3.90. The quantitative estimate of drug-likeness (QED) is 0.348. The van der Waals surface area contributed by atoms with E-state index in [2.05, 4.69) is 0 Å². The van der Waals surface area contributed by atoms with E-state index in [0.717, 1.165) is 16.8 Å². The van der Waals surface area contributed by atoms with Crippen LogP contribution in [0, 0.1) is 0 Å². The maximum Gasteiger partial charge on any atom is 0.266 e. The number of carbonyl (C=O) groups is 1. The second-order valence-corrected chi connectivity index (χ2v) is 9.29. The third-order valence-corrected chi connectivity index (χ3v) is 6.44. The molecule has 2 aromatic carbocycles. The van der Waals surface area contributed by atoms with Crippen molar-refractivity contribution in [2.24, 2.45) is 0 Å². The molecule has 1 saturated heterocycles. The van der Waals surface area contributed by atoms with Gasteiger partial charge in [-0.1, -0.05) is 53.8 Å². The van der Waals surface area contributed by atoms with Crippen LogP contribution in [0.3, 0.4) is 0 Å². The number of nitrogens with zero attached hydrogens (tertiary/aromatic N) is 3. The van der Waals surface area contributed by atoms with Gasteiger partial charge in [-0.15, -0.1) is 0 Å². The highest BCUT2D eigenvalue weighted by atomic mass is 35.5. The Morgan fingerprint density at radius 1 is 1.19 bits per heavy atom. The van der Waals surface area contributed by atoms with Crippen LogP contribution in [-0.4, -0.2) is 38.1 Å². The van der Waals surface area contributed by atoms with Crippen LogP contribution in [0.15, 0.2) is 59.6 Å². The number of para-hydroxylation sites is 1. The minimum Gasteiger partial charge on any atom is -0.495 e. The lowest BCUT2D eigenvalue weighted by Crippen LogP contribution is -2.34. The summed E-state index contributed by atoms with van der Waals surface area (Å²) < 4.78 is 7.63. The monoisotopic (exact) mass is 469 g/mol. The van der Waals surface area contributed by atoms with Gasteiger partial charge in [-0.2, -0.15) is 5.10 Å². The van der Waals surface area contributed by atoms with E-state index in [4.69, 9.17) is 33.7 Å². The van der Waals surface area contributed by atoms with Crippen LogP contribution in [0.1, 0.15) is 19.4 Å².